The second-order valence-electron chi connectivity index (χ2n) is 5.68. The summed E-state index contributed by atoms with van der Waals surface area (Å²) in [6.45, 7) is 3.01. The topological polar surface area (TPSA) is 29.3 Å². The third-order valence-electron chi connectivity index (χ3n) is 4.23. The molecule has 2 aromatic rings. The van der Waals surface area contributed by atoms with E-state index in [1.807, 2.05) is 6.07 Å². The third kappa shape index (κ3) is 2.79. The van der Waals surface area contributed by atoms with Gasteiger partial charge in [0.15, 0.2) is 0 Å². The Morgan fingerprint density at radius 3 is 2.81 bits per heavy atom. The zero-order valence-corrected chi connectivity index (χ0v) is 12.3. The van der Waals surface area contributed by atoms with Crippen molar-refractivity contribution in [3.63, 3.8) is 0 Å². The first-order valence-electron chi connectivity index (χ1n) is 7.58. The molecular weight excluding hydrogens is 263 g/mol. The summed E-state index contributed by atoms with van der Waals surface area (Å²) >= 11 is 0. The summed E-state index contributed by atoms with van der Waals surface area (Å²) in [5.74, 6) is -0.190. The molecule has 0 radical (unpaired) electrons. The molecule has 1 aliphatic rings. The van der Waals surface area contributed by atoms with Gasteiger partial charge >= 0.3 is 0 Å². The summed E-state index contributed by atoms with van der Waals surface area (Å²) in [7, 11) is 0. The molecule has 21 heavy (non-hydrogen) atoms. The van der Waals surface area contributed by atoms with Crippen LogP contribution in [0.2, 0.25) is 0 Å². The minimum Gasteiger partial charge on any atom is -0.341 e. The van der Waals surface area contributed by atoms with E-state index >= 15 is 0 Å². The Morgan fingerprint density at radius 2 is 2.00 bits per heavy atom. The molecule has 3 rings (SSSR count). The Labute approximate surface area is 125 Å². The van der Waals surface area contributed by atoms with Crippen LogP contribution in [-0.4, -0.2) is 12.6 Å². The molecule has 1 atom stereocenters. The molecule has 2 nitrogen and oxygen atoms in total. The Hall–Kier alpha value is -1.87. The van der Waals surface area contributed by atoms with Gasteiger partial charge in [-0.15, -0.1) is 0 Å². The summed E-state index contributed by atoms with van der Waals surface area (Å²) in [6.07, 6.45) is 2.64. The molecule has 0 saturated heterocycles. The second-order valence-corrected chi connectivity index (χ2v) is 5.68. The molecule has 0 bridgehead atoms. The highest BCUT2D eigenvalue weighted by Crippen LogP contribution is 2.36. The van der Waals surface area contributed by atoms with Crippen molar-refractivity contribution in [2.24, 2.45) is 5.73 Å². The lowest BCUT2D eigenvalue weighted by atomic mass is 10.0. The summed E-state index contributed by atoms with van der Waals surface area (Å²) in [6, 6.07) is 13.5. The van der Waals surface area contributed by atoms with Crippen molar-refractivity contribution in [2.75, 3.05) is 11.4 Å². The minimum absolute atomic E-state index is 0.0726. The van der Waals surface area contributed by atoms with Crippen LogP contribution in [0, 0.1) is 5.82 Å². The molecule has 2 N–H and O–H groups in total. The van der Waals surface area contributed by atoms with E-state index in [-0.39, 0.29) is 11.9 Å². The van der Waals surface area contributed by atoms with Crippen molar-refractivity contribution in [2.45, 2.75) is 32.2 Å². The fraction of sp³-hybridized carbons (Fsp3) is 0.333. The molecule has 0 fully saturated rings. The molecule has 3 heteroatoms. The van der Waals surface area contributed by atoms with Crippen LogP contribution in [0.15, 0.2) is 42.5 Å². The number of halogens is 1. The number of nitrogens with zero attached hydrogens (tertiary/aromatic N) is 1. The lowest BCUT2D eigenvalue weighted by molar-refractivity contribution is 0.614. The Kier molecular flexibility index (Phi) is 3.93. The number of nitrogens with two attached hydrogens (primary N) is 1. The first-order valence-corrected chi connectivity index (χ1v) is 7.58. The number of hydrogen-bond donors (Lipinski definition) is 1. The van der Waals surface area contributed by atoms with Gasteiger partial charge in [0.1, 0.15) is 5.82 Å². The second kappa shape index (κ2) is 5.86. The zero-order chi connectivity index (χ0) is 14.8. The Balaban J connectivity index is 1.99. The van der Waals surface area contributed by atoms with E-state index in [9.17, 15) is 4.39 Å². The highest BCUT2D eigenvalue weighted by Gasteiger charge is 2.22. The van der Waals surface area contributed by atoms with E-state index < -0.39 is 0 Å². The van der Waals surface area contributed by atoms with Crippen LogP contribution in [0.25, 0.3) is 0 Å². The minimum atomic E-state index is -0.190. The Morgan fingerprint density at radius 1 is 1.19 bits per heavy atom. The van der Waals surface area contributed by atoms with E-state index in [2.05, 4.69) is 36.1 Å². The molecular formula is C18H21FN2. The van der Waals surface area contributed by atoms with Gasteiger partial charge in [0.2, 0.25) is 0 Å². The van der Waals surface area contributed by atoms with E-state index in [4.69, 9.17) is 5.73 Å². The molecule has 0 aromatic heterocycles. The van der Waals surface area contributed by atoms with E-state index in [1.54, 1.807) is 6.07 Å². The number of hydrogen-bond acceptors (Lipinski definition) is 2. The number of para-hydroxylation sites is 1. The first kappa shape index (κ1) is 14.1. The van der Waals surface area contributed by atoms with Gasteiger partial charge in [-0.1, -0.05) is 25.1 Å². The zero-order valence-electron chi connectivity index (χ0n) is 12.3. The standard InChI is InChI=1S/C18H21FN2/c1-2-16(20)12-14-11-15(19)7-8-18(14)21-10-9-13-5-3-4-6-17(13)21/h3-8,11,16H,2,9-10,12,20H2,1H3. The van der Waals surface area contributed by atoms with Crippen LogP contribution >= 0.6 is 0 Å². The van der Waals surface area contributed by atoms with Gasteiger partial charge < -0.3 is 10.6 Å². The maximum atomic E-state index is 13.6. The van der Waals surface area contributed by atoms with Crippen LogP contribution in [-0.2, 0) is 12.8 Å². The summed E-state index contributed by atoms with van der Waals surface area (Å²) in [4.78, 5) is 2.28. The molecule has 0 saturated carbocycles. The van der Waals surface area contributed by atoms with Gasteiger partial charge in [-0.25, -0.2) is 4.39 Å². The molecule has 0 spiro atoms. The molecule has 0 amide bonds. The average Bonchev–Trinajstić information content (AvgIpc) is 2.91. The molecule has 1 unspecified atom stereocenters. The van der Waals surface area contributed by atoms with E-state index in [0.29, 0.717) is 6.42 Å². The van der Waals surface area contributed by atoms with Gasteiger partial charge in [0.05, 0.1) is 0 Å². The van der Waals surface area contributed by atoms with Crippen molar-refractivity contribution < 1.29 is 4.39 Å². The lowest BCUT2D eigenvalue weighted by Gasteiger charge is -2.24. The fourth-order valence-corrected chi connectivity index (χ4v) is 3.00. The van der Waals surface area contributed by atoms with Crippen LogP contribution in [0.5, 0.6) is 0 Å². The van der Waals surface area contributed by atoms with Gasteiger partial charge in [-0.2, -0.15) is 0 Å². The lowest BCUT2D eigenvalue weighted by Crippen LogP contribution is -2.23. The summed E-state index contributed by atoms with van der Waals surface area (Å²) in [5.41, 5.74) is 10.8. The van der Waals surface area contributed by atoms with Gasteiger partial charge in [-0.3, -0.25) is 0 Å². The molecule has 110 valence electrons. The van der Waals surface area contributed by atoms with Crippen molar-refractivity contribution in [3.05, 3.63) is 59.4 Å². The largest absolute Gasteiger partial charge is 0.341 e. The highest BCUT2D eigenvalue weighted by molar-refractivity contribution is 5.72. The van der Waals surface area contributed by atoms with Gasteiger partial charge in [-0.05, 0) is 54.7 Å². The van der Waals surface area contributed by atoms with Gasteiger partial charge in [0, 0.05) is 24.0 Å². The maximum absolute atomic E-state index is 13.6. The van der Waals surface area contributed by atoms with Crippen molar-refractivity contribution >= 4 is 11.4 Å². The SMILES string of the molecule is CCC(N)Cc1cc(F)ccc1N1CCc2ccccc21. The fourth-order valence-electron chi connectivity index (χ4n) is 3.00. The monoisotopic (exact) mass is 284 g/mol. The van der Waals surface area contributed by atoms with Crippen LogP contribution in [0.4, 0.5) is 15.8 Å². The quantitative estimate of drug-likeness (QED) is 0.925. The number of anilines is 2. The maximum Gasteiger partial charge on any atom is 0.123 e. The molecule has 2 aromatic carbocycles. The smallest absolute Gasteiger partial charge is 0.123 e. The summed E-state index contributed by atoms with van der Waals surface area (Å²) < 4.78 is 13.6. The number of benzene rings is 2. The van der Waals surface area contributed by atoms with E-state index in [1.165, 1.54) is 17.3 Å². The molecule has 1 heterocycles. The number of fused-ring (bicyclic) bond motifs is 1. The van der Waals surface area contributed by atoms with Crippen LogP contribution in [0.1, 0.15) is 24.5 Å². The first-order chi connectivity index (χ1) is 10.2. The van der Waals surface area contributed by atoms with Crippen molar-refractivity contribution in [1.29, 1.82) is 0 Å². The average molecular weight is 284 g/mol. The Bertz CT molecular complexity index is 639. The van der Waals surface area contributed by atoms with Gasteiger partial charge in [0.25, 0.3) is 0 Å². The van der Waals surface area contributed by atoms with E-state index in [0.717, 1.165) is 30.6 Å². The predicted octanol–water partition coefficient (Wildman–Crippen LogP) is 3.80. The predicted molar refractivity (Wildman–Crippen MR) is 85.5 cm³/mol. The number of rotatable bonds is 4. The van der Waals surface area contributed by atoms with Crippen LogP contribution in [0.3, 0.4) is 0 Å². The van der Waals surface area contributed by atoms with Crippen molar-refractivity contribution in [1.82, 2.24) is 0 Å². The van der Waals surface area contributed by atoms with Crippen LogP contribution < -0.4 is 10.6 Å². The summed E-state index contributed by atoms with van der Waals surface area (Å²) in [5, 5.41) is 0. The molecule has 1 aliphatic heterocycles. The normalized spacial score (nSPS) is 15.1. The molecule has 0 aliphatic carbocycles. The highest BCUT2D eigenvalue weighted by atomic mass is 19.1. The third-order valence-corrected chi connectivity index (χ3v) is 4.23. The van der Waals surface area contributed by atoms with Crippen molar-refractivity contribution in [3.8, 4) is 0 Å².